The predicted octanol–water partition coefficient (Wildman–Crippen LogP) is -0.498. The molecule has 8 atom stereocenters. The molecule has 2 saturated heterocycles. The number of carboxylic acids is 1. The van der Waals surface area contributed by atoms with E-state index in [9.17, 15) is 43.5 Å². The molecule has 0 aliphatic carbocycles. The SMILES string of the molecule is CC[C@H](C)[C@@H]1NC(=O)C(CC(=O)O)NC(=O)C(N)CCC(=O)NCCC(C(N)=O)NC(=O)[C@H](Cc2c[nH]c3ccccc23)NC(=O)[C@@H]2CC(n3cc(CCc4ccccc4)nn3)CN2C1=O. The molecule has 2 fully saturated rings. The molecule has 66 heavy (non-hydrogen) atoms. The van der Waals surface area contributed by atoms with Crippen molar-refractivity contribution in [3.05, 3.63) is 83.8 Å². The Kier molecular flexibility index (Phi) is 16.2. The normalized spacial score (nSPS) is 24.7. The van der Waals surface area contributed by atoms with Gasteiger partial charge in [0, 0.05) is 55.6 Å². The van der Waals surface area contributed by atoms with E-state index in [0.29, 0.717) is 30.5 Å². The molecule has 6 rings (SSSR count). The van der Waals surface area contributed by atoms with Crippen LogP contribution in [-0.2, 0) is 57.6 Å². The van der Waals surface area contributed by atoms with Gasteiger partial charge in [-0.15, -0.1) is 5.10 Å². The van der Waals surface area contributed by atoms with E-state index in [1.54, 1.807) is 30.9 Å². The van der Waals surface area contributed by atoms with Gasteiger partial charge in [0.1, 0.15) is 30.2 Å². The van der Waals surface area contributed by atoms with Gasteiger partial charge in [-0.05, 0) is 48.8 Å². The molecule has 11 N–H and O–H groups in total. The Morgan fingerprint density at radius 1 is 0.879 bits per heavy atom. The minimum absolute atomic E-state index is 0.0147. The first kappa shape index (κ1) is 48.3. The number of para-hydroxylation sites is 1. The van der Waals surface area contributed by atoms with Gasteiger partial charge in [0.25, 0.3) is 0 Å². The molecule has 4 aromatic rings. The Labute approximate surface area is 380 Å². The number of aromatic amines is 1. The Bertz CT molecular complexity index is 2400. The summed E-state index contributed by atoms with van der Waals surface area (Å²) in [5, 5.41) is 32.4. The number of amides is 7. The second kappa shape index (κ2) is 22.2. The van der Waals surface area contributed by atoms with Gasteiger partial charge in [-0.2, -0.15) is 0 Å². The van der Waals surface area contributed by atoms with E-state index in [-0.39, 0.29) is 45.2 Å². The van der Waals surface area contributed by atoms with Crippen molar-refractivity contribution in [2.75, 3.05) is 13.1 Å². The summed E-state index contributed by atoms with van der Waals surface area (Å²) >= 11 is 0. The lowest BCUT2D eigenvalue weighted by Gasteiger charge is -2.33. The molecule has 2 aromatic carbocycles. The number of H-pyrrole nitrogens is 1. The highest BCUT2D eigenvalue weighted by Crippen LogP contribution is 2.30. The van der Waals surface area contributed by atoms with Crippen LogP contribution in [0.1, 0.15) is 75.2 Å². The quantitative estimate of drug-likeness (QED) is 0.0921. The average Bonchev–Trinajstić information content (AvgIpc) is 4.07. The van der Waals surface area contributed by atoms with Crippen molar-refractivity contribution in [1.82, 2.24) is 51.5 Å². The predicted molar refractivity (Wildman–Crippen MR) is 238 cm³/mol. The number of nitrogens with zero attached hydrogens (tertiary/aromatic N) is 4. The smallest absolute Gasteiger partial charge is 0.305 e. The molecule has 4 unspecified atom stereocenters. The number of aryl methyl sites for hydroxylation is 2. The minimum Gasteiger partial charge on any atom is -0.481 e. The Morgan fingerprint density at radius 2 is 1.59 bits per heavy atom. The summed E-state index contributed by atoms with van der Waals surface area (Å²) in [7, 11) is 0. The fourth-order valence-corrected chi connectivity index (χ4v) is 8.22. The first-order chi connectivity index (χ1) is 31.6. The highest BCUT2D eigenvalue weighted by molar-refractivity contribution is 5.98. The number of carbonyl (C=O) groups excluding carboxylic acids is 7. The number of hydrogen-bond donors (Lipinski definition) is 9. The Morgan fingerprint density at radius 3 is 2.32 bits per heavy atom. The lowest BCUT2D eigenvalue weighted by atomic mass is 9.96. The third-order valence-electron chi connectivity index (χ3n) is 12.3. The van der Waals surface area contributed by atoms with Crippen LogP contribution in [0.2, 0.25) is 0 Å². The van der Waals surface area contributed by atoms with Gasteiger partial charge in [-0.1, -0.05) is 74.0 Å². The Hall–Kier alpha value is -7.16. The van der Waals surface area contributed by atoms with Crippen molar-refractivity contribution in [2.45, 2.75) is 114 Å². The number of primary amides is 1. The van der Waals surface area contributed by atoms with Gasteiger partial charge in [0.05, 0.1) is 24.2 Å². The number of fused-ring (bicyclic) bond motifs is 2. The fraction of sp³-hybridized carbons (Fsp3) is 0.467. The van der Waals surface area contributed by atoms with E-state index in [2.05, 4.69) is 41.9 Å². The molecule has 7 amide bonds. The third-order valence-corrected chi connectivity index (χ3v) is 12.3. The van der Waals surface area contributed by atoms with E-state index in [1.807, 2.05) is 54.6 Å². The number of nitrogens with one attached hydrogen (secondary N) is 6. The van der Waals surface area contributed by atoms with E-state index in [1.165, 1.54) is 4.90 Å². The van der Waals surface area contributed by atoms with Crippen LogP contribution in [0.25, 0.3) is 10.9 Å². The highest BCUT2D eigenvalue weighted by Gasteiger charge is 2.45. The lowest BCUT2D eigenvalue weighted by molar-refractivity contribution is -0.144. The van der Waals surface area contributed by atoms with Gasteiger partial charge in [-0.3, -0.25) is 38.4 Å². The van der Waals surface area contributed by atoms with E-state index in [4.69, 9.17) is 11.5 Å². The maximum Gasteiger partial charge on any atom is 0.305 e. The fourth-order valence-electron chi connectivity index (χ4n) is 8.22. The zero-order valence-corrected chi connectivity index (χ0v) is 36.9. The van der Waals surface area contributed by atoms with Crippen LogP contribution in [0, 0.1) is 5.92 Å². The maximum atomic E-state index is 14.9. The van der Waals surface area contributed by atoms with Crippen molar-refractivity contribution in [3.63, 3.8) is 0 Å². The van der Waals surface area contributed by atoms with Crippen LogP contribution in [0.4, 0.5) is 0 Å². The summed E-state index contributed by atoms with van der Waals surface area (Å²) in [5.41, 5.74) is 15.0. The van der Waals surface area contributed by atoms with Crippen LogP contribution in [0.3, 0.4) is 0 Å². The van der Waals surface area contributed by atoms with Gasteiger partial charge < -0.3 is 53.0 Å². The van der Waals surface area contributed by atoms with Crippen molar-refractivity contribution in [2.24, 2.45) is 17.4 Å². The molecule has 2 aromatic heterocycles. The molecule has 21 nitrogen and oxygen atoms in total. The molecule has 352 valence electrons. The monoisotopic (exact) mass is 910 g/mol. The van der Waals surface area contributed by atoms with Gasteiger partial charge in [0.2, 0.25) is 41.4 Å². The number of benzene rings is 2. The van der Waals surface area contributed by atoms with Crippen LogP contribution in [0.5, 0.6) is 0 Å². The molecule has 0 bridgehead atoms. The first-order valence-electron chi connectivity index (χ1n) is 22.2. The van der Waals surface area contributed by atoms with E-state index in [0.717, 1.165) is 16.5 Å². The summed E-state index contributed by atoms with van der Waals surface area (Å²) in [6.45, 7) is 3.30. The highest BCUT2D eigenvalue weighted by atomic mass is 16.4. The third kappa shape index (κ3) is 12.3. The average molecular weight is 911 g/mol. The number of aromatic nitrogens is 4. The van der Waals surface area contributed by atoms with Crippen LogP contribution < -0.4 is 38.1 Å². The van der Waals surface area contributed by atoms with Crippen LogP contribution >= 0.6 is 0 Å². The number of rotatable bonds is 11. The maximum absolute atomic E-state index is 14.9. The summed E-state index contributed by atoms with van der Waals surface area (Å²) < 4.78 is 1.59. The number of hydrogen-bond acceptors (Lipinski definition) is 11. The summed E-state index contributed by atoms with van der Waals surface area (Å²) in [6, 6.07) is 8.43. The van der Waals surface area contributed by atoms with Crippen LogP contribution in [0.15, 0.2) is 67.0 Å². The molecule has 0 saturated carbocycles. The van der Waals surface area contributed by atoms with Crippen molar-refractivity contribution in [1.29, 1.82) is 0 Å². The second-order valence-electron chi connectivity index (χ2n) is 17.0. The molecular formula is C45H58N12O9. The molecule has 21 heteroatoms. The van der Waals surface area contributed by atoms with Crippen molar-refractivity contribution < 1.29 is 43.5 Å². The summed E-state index contributed by atoms with van der Waals surface area (Å²) in [6.07, 6.45) is 3.59. The van der Waals surface area contributed by atoms with Gasteiger partial charge in [-0.25, -0.2) is 4.68 Å². The largest absolute Gasteiger partial charge is 0.481 e. The number of nitrogens with two attached hydrogens (primary N) is 2. The zero-order chi connectivity index (χ0) is 47.5. The Balaban J connectivity index is 1.37. The zero-order valence-electron chi connectivity index (χ0n) is 36.9. The standard InChI is InChI=1S/C45H58N12O9/c1-3-25(2)39-45(66)56-24-29(57-23-28(54-55-57)14-13-26-9-5-4-6-10-26)20-36(56)44(65)52-34(19-27-22-49-32-12-8-7-11-30(27)32)42(63)50-33(40(47)61)17-18-48-37(58)16-15-31(46)41(62)51-35(21-38(59)60)43(64)53-39/h4-12,22-23,25,29,31,33-36,39,49H,3,13-21,24,46H2,1-2H3,(H2,47,61)(H,48,58)(H,50,63)(H,51,62)(H,52,65)(H,53,64)(H,59,60)/t25-,29?,31?,33?,34-,35?,36-,39-/m0/s1. The summed E-state index contributed by atoms with van der Waals surface area (Å²) in [5.74, 6) is -7.50. The molecular weight excluding hydrogens is 853 g/mol. The number of carbonyl (C=O) groups is 8. The molecule has 4 heterocycles. The minimum atomic E-state index is -1.67. The molecule has 0 spiro atoms. The van der Waals surface area contributed by atoms with Crippen molar-refractivity contribution in [3.8, 4) is 0 Å². The van der Waals surface area contributed by atoms with Gasteiger partial charge in [0.15, 0.2) is 0 Å². The van der Waals surface area contributed by atoms with Crippen LogP contribution in [-0.4, -0.2) is 127 Å². The summed E-state index contributed by atoms with van der Waals surface area (Å²) in [4.78, 5) is 113. The van der Waals surface area contributed by atoms with Crippen molar-refractivity contribution >= 4 is 58.2 Å². The number of carboxylic acid groups (broad SMARTS) is 1. The topological polar surface area (TPSA) is 319 Å². The lowest BCUT2D eigenvalue weighted by Crippen LogP contribution is -2.60. The van der Waals surface area contributed by atoms with E-state index < -0.39 is 102 Å². The second-order valence-corrected chi connectivity index (χ2v) is 17.0. The first-order valence-corrected chi connectivity index (χ1v) is 22.2. The molecule has 2 aliphatic rings. The molecule has 2 aliphatic heterocycles. The van der Waals surface area contributed by atoms with E-state index >= 15 is 0 Å². The molecule has 0 radical (unpaired) electrons. The van der Waals surface area contributed by atoms with Gasteiger partial charge >= 0.3 is 5.97 Å². The number of aliphatic carboxylic acids is 1.